The number of carbonyl (C=O) groups is 1. The first-order chi connectivity index (χ1) is 21.3. The van der Waals surface area contributed by atoms with Gasteiger partial charge in [0.2, 0.25) is 11.8 Å². The van der Waals surface area contributed by atoms with Crippen LogP contribution in [0, 0.1) is 0 Å². The third-order valence-electron chi connectivity index (χ3n) is 6.11. The number of nitrogens with zero attached hydrogens (tertiary/aromatic N) is 4. The highest BCUT2D eigenvalue weighted by Crippen LogP contribution is 2.45. The predicted molar refractivity (Wildman–Crippen MR) is 159 cm³/mol. The second kappa shape index (κ2) is 14.8. The lowest BCUT2D eigenvalue weighted by Crippen LogP contribution is -2.37. The van der Waals surface area contributed by atoms with Gasteiger partial charge >= 0.3 is 15.6 Å². The molecule has 1 aliphatic rings. The minimum Gasteiger partial charge on any atom is -0.491 e. The highest BCUT2D eigenvalue weighted by molar-refractivity contribution is 7.88. The number of methoxy groups -OCH3 is 1. The number of aromatic nitrogens is 3. The summed E-state index contributed by atoms with van der Waals surface area (Å²) in [6, 6.07) is 2.68. The standard InChI is InChI=1S/C26H23F5N4O6S2.C2H6/c1-4-20(36)34-8-9-35-16(14-34)13-19(33-35)23-22(21(18(28)5-7-27)15(2)40-11-10-39-3)24-17(6-12-42-24)25(32-23)41-43(37,38)26(29,30)31;1-2/h4-7,12-13H,1-2,8-11,14H2,3H3;1-2H3/b7-5+,21-18?;. The molecule has 0 bridgehead atoms. The van der Waals surface area contributed by atoms with E-state index in [1.807, 2.05) is 13.8 Å². The van der Waals surface area contributed by atoms with Gasteiger partial charge in [-0.2, -0.15) is 26.7 Å². The van der Waals surface area contributed by atoms with Crippen molar-refractivity contribution in [3.8, 4) is 17.3 Å². The lowest BCUT2D eigenvalue weighted by molar-refractivity contribution is -0.127. The highest BCUT2D eigenvalue weighted by atomic mass is 32.2. The van der Waals surface area contributed by atoms with Crippen LogP contribution in [0.2, 0.25) is 0 Å². The summed E-state index contributed by atoms with van der Waals surface area (Å²) in [4.78, 5) is 17.7. The number of amides is 1. The van der Waals surface area contributed by atoms with Gasteiger partial charge in [-0.3, -0.25) is 9.48 Å². The number of alkyl halides is 3. The summed E-state index contributed by atoms with van der Waals surface area (Å²) >= 11 is 0.887. The van der Waals surface area contributed by atoms with Crippen molar-refractivity contribution >= 4 is 43.0 Å². The van der Waals surface area contributed by atoms with Crippen molar-refractivity contribution < 1.29 is 48.8 Å². The monoisotopic (exact) mass is 676 g/mol. The van der Waals surface area contributed by atoms with E-state index in [0.717, 1.165) is 17.4 Å². The van der Waals surface area contributed by atoms with Gasteiger partial charge in [0.25, 0.3) is 0 Å². The van der Waals surface area contributed by atoms with Crippen LogP contribution in [0.15, 0.2) is 60.7 Å². The molecule has 0 unspecified atom stereocenters. The maximum absolute atomic E-state index is 15.6. The first-order valence-electron chi connectivity index (χ1n) is 13.2. The lowest BCUT2D eigenvalue weighted by Gasteiger charge is -2.26. The van der Waals surface area contributed by atoms with E-state index in [0.29, 0.717) is 11.8 Å². The summed E-state index contributed by atoms with van der Waals surface area (Å²) < 4.78 is 109. The second-order valence-electron chi connectivity index (χ2n) is 8.78. The van der Waals surface area contributed by atoms with Crippen molar-refractivity contribution in [2.45, 2.75) is 32.4 Å². The van der Waals surface area contributed by atoms with Crippen LogP contribution >= 0.6 is 11.3 Å². The third kappa shape index (κ3) is 7.59. The molecule has 4 heterocycles. The molecule has 0 saturated carbocycles. The average molecular weight is 677 g/mol. The van der Waals surface area contributed by atoms with Crippen LogP contribution in [0.3, 0.4) is 0 Å². The molecule has 0 radical (unpaired) electrons. The Labute approximate surface area is 259 Å². The zero-order valence-electron chi connectivity index (χ0n) is 24.4. The van der Waals surface area contributed by atoms with Gasteiger partial charge in [-0.05, 0) is 23.6 Å². The summed E-state index contributed by atoms with van der Waals surface area (Å²) in [6.45, 7) is 11.7. The summed E-state index contributed by atoms with van der Waals surface area (Å²) in [5, 5.41) is 5.61. The molecule has 0 aliphatic carbocycles. The number of ether oxygens (including phenoxy) is 2. The smallest absolute Gasteiger partial charge is 0.491 e. The minimum atomic E-state index is -6.17. The zero-order valence-corrected chi connectivity index (χ0v) is 26.0. The van der Waals surface area contributed by atoms with E-state index >= 15 is 4.39 Å². The van der Waals surface area contributed by atoms with Gasteiger partial charge in [0.1, 0.15) is 29.6 Å². The number of fused-ring (bicyclic) bond motifs is 2. The Balaban J connectivity index is 0.00000271. The van der Waals surface area contributed by atoms with Crippen LogP contribution in [-0.4, -0.2) is 66.4 Å². The maximum atomic E-state index is 15.6. The van der Waals surface area contributed by atoms with Gasteiger partial charge in [-0.25, -0.2) is 13.8 Å². The Morgan fingerprint density at radius 2 is 1.93 bits per heavy atom. The van der Waals surface area contributed by atoms with E-state index in [1.165, 1.54) is 34.2 Å². The Morgan fingerprint density at radius 3 is 2.56 bits per heavy atom. The topological polar surface area (TPSA) is 113 Å². The van der Waals surface area contributed by atoms with E-state index in [4.69, 9.17) is 9.47 Å². The highest BCUT2D eigenvalue weighted by Gasteiger charge is 2.49. The Kier molecular flexibility index (Phi) is 11.6. The molecule has 4 rings (SSSR count). The number of pyridine rings is 1. The molecule has 1 aliphatic heterocycles. The SMILES string of the molecule is C=CC(=O)N1CCn2nc(-c3nc(OS(=O)(=O)C(F)(F)F)c4ccsc4c3C(C(=C)OCCOC)=C(F)/C=C/F)cc2C1.CC. The van der Waals surface area contributed by atoms with Crippen molar-refractivity contribution in [3.05, 3.63) is 72.0 Å². The molecular weight excluding hydrogens is 647 g/mol. The number of hydrogen-bond acceptors (Lipinski definition) is 9. The molecule has 1 amide bonds. The molecule has 17 heteroatoms. The Morgan fingerprint density at radius 1 is 1.22 bits per heavy atom. The van der Waals surface area contributed by atoms with Crippen molar-refractivity contribution in [3.63, 3.8) is 0 Å². The fraction of sp³-hybridized carbons (Fsp3) is 0.321. The zero-order chi connectivity index (χ0) is 33.5. The van der Waals surface area contributed by atoms with Gasteiger partial charge in [-0.1, -0.05) is 27.0 Å². The van der Waals surface area contributed by atoms with E-state index in [9.17, 15) is 30.8 Å². The van der Waals surface area contributed by atoms with Crippen LogP contribution in [0.1, 0.15) is 25.1 Å². The molecule has 0 atom stereocenters. The molecule has 0 spiro atoms. The Hall–Kier alpha value is -4.09. The fourth-order valence-corrected chi connectivity index (χ4v) is 5.55. The van der Waals surface area contributed by atoms with Gasteiger partial charge in [-0.15, -0.1) is 11.3 Å². The average Bonchev–Trinajstić information content (AvgIpc) is 3.66. The number of halogens is 5. The molecule has 0 fully saturated rings. The number of hydrogen-bond donors (Lipinski definition) is 0. The molecule has 244 valence electrons. The largest absolute Gasteiger partial charge is 0.534 e. The summed E-state index contributed by atoms with van der Waals surface area (Å²) in [5.74, 6) is -2.80. The Bertz CT molecular complexity index is 1750. The lowest BCUT2D eigenvalue weighted by atomic mass is 9.98. The van der Waals surface area contributed by atoms with Crippen molar-refractivity contribution in [1.82, 2.24) is 19.7 Å². The molecule has 10 nitrogen and oxygen atoms in total. The first kappa shape index (κ1) is 35.4. The van der Waals surface area contributed by atoms with Crippen molar-refractivity contribution in [1.29, 1.82) is 0 Å². The van der Waals surface area contributed by atoms with Gasteiger partial charge in [0, 0.05) is 25.3 Å². The quantitative estimate of drug-likeness (QED) is 0.0444. The minimum absolute atomic E-state index is 0.0145. The van der Waals surface area contributed by atoms with Gasteiger partial charge in [0.15, 0.2) is 0 Å². The van der Waals surface area contributed by atoms with Crippen LogP contribution in [-0.2, 0) is 37.5 Å². The molecule has 3 aromatic rings. The fourth-order valence-electron chi connectivity index (χ4n) is 4.18. The van der Waals surface area contributed by atoms with Gasteiger partial charge < -0.3 is 18.6 Å². The van der Waals surface area contributed by atoms with Crippen LogP contribution < -0.4 is 4.18 Å². The molecule has 45 heavy (non-hydrogen) atoms. The maximum Gasteiger partial charge on any atom is 0.534 e. The number of rotatable bonds is 11. The normalized spacial score (nSPS) is 14.0. The van der Waals surface area contributed by atoms with Crippen LogP contribution in [0.5, 0.6) is 5.88 Å². The number of thiophene rings is 1. The summed E-state index contributed by atoms with van der Waals surface area (Å²) in [5.41, 5.74) is -6.22. The first-order valence-corrected chi connectivity index (χ1v) is 15.5. The van der Waals surface area contributed by atoms with Crippen molar-refractivity contribution in [2.75, 3.05) is 26.9 Å². The van der Waals surface area contributed by atoms with Crippen LogP contribution in [0.25, 0.3) is 27.0 Å². The molecular formula is C28H29F5N4O6S2. The van der Waals surface area contributed by atoms with E-state index in [-0.39, 0.29) is 77.9 Å². The summed E-state index contributed by atoms with van der Waals surface area (Å²) in [7, 11) is -4.78. The van der Waals surface area contributed by atoms with Gasteiger partial charge in [0.05, 0.1) is 47.4 Å². The van der Waals surface area contributed by atoms with E-state index < -0.39 is 32.9 Å². The third-order valence-corrected chi connectivity index (χ3v) is 7.99. The number of allylic oxidation sites excluding steroid dienone is 3. The van der Waals surface area contributed by atoms with Crippen molar-refractivity contribution in [2.24, 2.45) is 0 Å². The van der Waals surface area contributed by atoms with E-state index in [1.54, 1.807) is 0 Å². The van der Waals surface area contributed by atoms with E-state index in [2.05, 4.69) is 27.4 Å². The number of carbonyl (C=O) groups excluding carboxylic acids is 1. The van der Waals surface area contributed by atoms with Crippen LogP contribution in [0.4, 0.5) is 22.0 Å². The molecule has 0 N–H and O–H groups in total. The summed E-state index contributed by atoms with van der Waals surface area (Å²) in [6.07, 6.45) is 1.53. The second-order valence-corrected chi connectivity index (χ2v) is 11.2. The molecule has 0 saturated heterocycles. The molecule has 0 aromatic carbocycles. The molecule has 3 aromatic heterocycles. The predicted octanol–water partition coefficient (Wildman–Crippen LogP) is 6.28.